The van der Waals surface area contributed by atoms with E-state index in [4.69, 9.17) is 0 Å². The molecule has 2 heterocycles. The van der Waals surface area contributed by atoms with Crippen LogP contribution in [0.2, 0.25) is 0 Å². The third-order valence-electron chi connectivity index (χ3n) is 5.90. The maximum Gasteiger partial charge on any atom is 0.337 e. The molecule has 5 nitrogen and oxygen atoms in total. The topological polar surface area (TPSA) is 70.1 Å². The van der Waals surface area contributed by atoms with Crippen molar-refractivity contribution in [1.29, 1.82) is 0 Å². The standard InChI is InChI=1S/C25H26FN3O2/c1-16-22(14-27-11-10-19-13-28-23-9-4-3-8-21(19)23)24(25(30)31)17(2)29(16)15-18-6-5-7-20(26)12-18/h3-9,12-13,27-28H,10-11,14-15H2,1-2H3,(H,30,31). The number of carbonyl (C=O) groups is 1. The summed E-state index contributed by atoms with van der Waals surface area (Å²) in [7, 11) is 0. The van der Waals surface area contributed by atoms with Crippen LogP contribution in [0, 0.1) is 19.7 Å². The Labute approximate surface area is 180 Å². The molecule has 0 saturated carbocycles. The molecule has 0 saturated heterocycles. The first-order chi connectivity index (χ1) is 15.0. The van der Waals surface area contributed by atoms with Crippen LogP contribution in [0.4, 0.5) is 4.39 Å². The highest BCUT2D eigenvalue weighted by Crippen LogP contribution is 2.24. The molecule has 0 amide bonds. The molecule has 160 valence electrons. The lowest BCUT2D eigenvalue weighted by molar-refractivity contribution is 0.0694. The Morgan fingerprint density at radius 2 is 1.94 bits per heavy atom. The molecule has 0 aliphatic carbocycles. The number of carboxylic acid groups (broad SMARTS) is 1. The highest BCUT2D eigenvalue weighted by molar-refractivity contribution is 5.91. The van der Waals surface area contributed by atoms with E-state index < -0.39 is 5.97 Å². The number of hydrogen-bond donors (Lipinski definition) is 3. The second kappa shape index (κ2) is 8.78. The van der Waals surface area contributed by atoms with Gasteiger partial charge < -0.3 is 20.0 Å². The fourth-order valence-corrected chi connectivity index (χ4v) is 4.28. The van der Waals surface area contributed by atoms with Crippen LogP contribution in [0.5, 0.6) is 0 Å². The molecule has 4 aromatic rings. The summed E-state index contributed by atoms with van der Waals surface area (Å²) in [5.41, 5.74) is 5.83. The first-order valence-corrected chi connectivity index (χ1v) is 10.4. The van der Waals surface area contributed by atoms with Gasteiger partial charge in [-0.2, -0.15) is 0 Å². The zero-order chi connectivity index (χ0) is 22.0. The molecule has 0 fully saturated rings. The lowest BCUT2D eigenvalue weighted by Gasteiger charge is -2.10. The molecule has 3 N–H and O–H groups in total. The molecule has 0 bridgehead atoms. The number of hydrogen-bond acceptors (Lipinski definition) is 2. The zero-order valence-corrected chi connectivity index (χ0v) is 17.7. The molecule has 0 unspecified atom stereocenters. The maximum absolute atomic E-state index is 13.6. The summed E-state index contributed by atoms with van der Waals surface area (Å²) in [5.74, 6) is -1.23. The molecule has 0 aliphatic rings. The minimum atomic E-state index is -0.938. The number of carboxylic acids is 1. The van der Waals surface area contributed by atoms with Crippen molar-refractivity contribution in [2.45, 2.75) is 33.4 Å². The number of aromatic carboxylic acids is 1. The third-order valence-corrected chi connectivity index (χ3v) is 5.90. The van der Waals surface area contributed by atoms with Crippen molar-refractivity contribution in [1.82, 2.24) is 14.9 Å². The number of nitrogens with zero attached hydrogens (tertiary/aromatic N) is 1. The van der Waals surface area contributed by atoms with Crippen molar-refractivity contribution in [3.8, 4) is 0 Å². The first-order valence-electron chi connectivity index (χ1n) is 10.4. The lowest BCUT2D eigenvalue weighted by Crippen LogP contribution is -2.18. The van der Waals surface area contributed by atoms with Gasteiger partial charge in [-0.1, -0.05) is 30.3 Å². The van der Waals surface area contributed by atoms with Crippen LogP contribution in [-0.4, -0.2) is 27.2 Å². The minimum Gasteiger partial charge on any atom is -0.478 e. The van der Waals surface area contributed by atoms with Gasteiger partial charge in [0.05, 0.1) is 5.56 Å². The van der Waals surface area contributed by atoms with Gasteiger partial charge in [-0.05, 0) is 56.1 Å². The Hall–Kier alpha value is -3.38. The van der Waals surface area contributed by atoms with Crippen LogP contribution in [0.15, 0.2) is 54.7 Å². The van der Waals surface area contributed by atoms with Gasteiger partial charge in [0.1, 0.15) is 5.82 Å². The van der Waals surface area contributed by atoms with E-state index in [9.17, 15) is 14.3 Å². The second-order valence-electron chi connectivity index (χ2n) is 7.83. The van der Waals surface area contributed by atoms with Crippen LogP contribution in [0.3, 0.4) is 0 Å². The third kappa shape index (κ3) is 4.25. The van der Waals surface area contributed by atoms with E-state index in [1.165, 1.54) is 23.1 Å². The van der Waals surface area contributed by atoms with Gasteiger partial charge in [-0.25, -0.2) is 9.18 Å². The number of aromatic nitrogens is 2. The van der Waals surface area contributed by atoms with Gasteiger partial charge in [0.15, 0.2) is 0 Å². The van der Waals surface area contributed by atoms with Gasteiger partial charge >= 0.3 is 5.97 Å². The van der Waals surface area contributed by atoms with Gasteiger partial charge in [0.25, 0.3) is 0 Å². The SMILES string of the molecule is Cc1c(CNCCc2c[nH]c3ccccc23)c(C(=O)O)c(C)n1Cc1cccc(F)c1. The van der Waals surface area contributed by atoms with Crippen molar-refractivity contribution in [3.05, 3.63) is 94.2 Å². The van der Waals surface area contributed by atoms with E-state index >= 15 is 0 Å². The van der Waals surface area contributed by atoms with Gasteiger partial charge in [-0.15, -0.1) is 0 Å². The molecule has 2 aromatic carbocycles. The van der Waals surface area contributed by atoms with Gasteiger partial charge in [-0.3, -0.25) is 0 Å². The monoisotopic (exact) mass is 419 g/mol. The van der Waals surface area contributed by atoms with Gasteiger partial charge in [0, 0.05) is 47.1 Å². The fraction of sp³-hybridized carbons (Fsp3) is 0.240. The number of halogens is 1. The maximum atomic E-state index is 13.6. The van der Waals surface area contributed by atoms with E-state index in [0.29, 0.717) is 24.3 Å². The van der Waals surface area contributed by atoms with Crippen molar-refractivity contribution in [2.24, 2.45) is 0 Å². The van der Waals surface area contributed by atoms with Crippen LogP contribution in [0.25, 0.3) is 10.9 Å². The largest absolute Gasteiger partial charge is 0.478 e. The first kappa shape index (κ1) is 20.9. The molecule has 31 heavy (non-hydrogen) atoms. The Morgan fingerprint density at radius 3 is 2.71 bits per heavy atom. The number of benzene rings is 2. The van der Waals surface area contributed by atoms with E-state index in [0.717, 1.165) is 35.3 Å². The second-order valence-corrected chi connectivity index (χ2v) is 7.83. The Bertz CT molecular complexity index is 1240. The predicted octanol–water partition coefficient (Wildman–Crippen LogP) is 4.80. The van der Waals surface area contributed by atoms with Gasteiger partial charge in [0.2, 0.25) is 0 Å². The van der Waals surface area contributed by atoms with E-state index in [1.54, 1.807) is 6.07 Å². The molecule has 2 aromatic heterocycles. The van der Waals surface area contributed by atoms with Crippen LogP contribution < -0.4 is 5.32 Å². The quantitative estimate of drug-likeness (QED) is 0.359. The normalized spacial score (nSPS) is 11.3. The van der Waals surface area contributed by atoms with Crippen molar-refractivity contribution >= 4 is 16.9 Å². The molecule has 4 rings (SSSR count). The summed E-state index contributed by atoms with van der Waals surface area (Å²) in [6.45, 7) is 5.37. The average Bonchev–Trinajstić information content (AvgIpc) is 3.25. The van der Waals surface area contributed by atoms with Crippen molar-refractivity contribution in [3.63, 3.8) is 0 Å². The smallest absolute Gasteiger partial charge is 0.337 e. The minimum absolute atomic E-state index is 0.294. The summed E-state index contributed by atoms with van der Waals surface area (Å²) in [4.78, 5) is 15.3. The fourth-order valence-electron chi connectivity index (χ4n) is 4.28. The number of aromatic amines is 1. The molecular weight excluding hydrogens is 393 g/mol. The molecule has 0 spiro atoms. The Balaban J connectivity index is 1.50. The Morgan fingerprint density at radius 1 is 1.13 bits per heavy atom. The summed E-state index contributed by atoms with van der Waals surface area (Å²) < 4.78 is 15.5. The molecule has 0 radical (unpaired) electrons. The Kier molecular flexibility index (Phi) is 5.91. The summed E-state index contributed by atoms with van der Waals surface area (Å²) >= 11 is 0. The predicted molar refractivity (Wildman–Crippen MR) is 120 cm³/mol. The highest BCUT2D eigenvalue weighted by Gasteiger charge is 2.22. The van der Waals surface area contributed by atoms with E-state index in [-0.39, 0.29) is 5.82 Å². The zero-order valence-electron chi connectivity index (χ0n) is 17.7. The number of para-hydroxylation sites is 1. The summed E-state index contributed by atoms with van der Waals surface area (Å²) in [5, 5.41) is 14.4. The van der Waals surface area contributed by atoms with Crippen LogP contribution in [-0.2, 0) is 19.5 Å². The molecular formula is C25H26FN3O2. The molecule has 0 atom stereocenters. The lowest BCUT2D eigenvalue weighted by atomic mass is 10.1. The highest BCUT2D eigenvalue weighted by atomic mass is 19.1. The van der Waals surface area contributed by atoms with Crippen molar-refractivity contribution < 1.29 is 14.3 Å². The average molecular weight is 420 g/mol. The van der Waals surface area contributed by atoms with E-state index in [2.05, 4.69) is 22.4 Å². The number of nitrogens with one attached hydrogen (secondary N) is 2. The molecule has 6 heteroatoms. The van der Waals surface area contributed by atoms with Crippen LogP contribution in [0.1, 0.15) is 38.4 Å². The number of rotatable bonds is 8. The van der Waals surface area contributed by atoms with Crippen LogP contribution >= 0.6 is 0 Å². The summed E-state index contributed by atoms with van der Waals surface area (Å²) in [6.07, 6.45) is 2.87. The number of fused-ring (bicyclic) bond motifs is 1. The van der Waals surface area contributed by atoms with E-state index in [1.807, 2.05) is 42.8 Å². The number of H-pyrrole nitrogens is 1. The molecule has 0 aliphatic heterocycles. The van der Waals surface area contributed by atoms with Crippen molar-refractivity contribution in [2.75, 3.05) is 6.54 Å². The summed E-state index contributed by atoms with van der Waals surface area (Å²) in [6, 6.07) is 14.6.